The minimum Gasteiger partial charge on any atom is -0.495 e. The van der Waals surface area contributed by atoms with Gasteiger partial charge in [0.2, 0.25) is 5.91 Å². The van der Waals surface area contributed by atoms with Gasteiger partial charge in [-0.05, 0) is 23.8 Å². The van der Waals surface area contributed by atoms with Crippen LogP contribution in [0.15, 0.2) is 76.7 Å². The highest BCUT2D eigenvalue weighted by Gasteiger charge is 2.18. The molecule has 0 radical (unpaired) electrons. The molecule has 6 nitrogen and oxygen atoms in total. The molecule has 1 heterocycles. The maximum Gasteiger partial charge on any atom is 0.234 e. The lowest BCUT2D eigenvalue weighted by atomic mass is 10.1. The van der Waals surface area contributed by atoms with Crippen molar-refractivity contribution >= 4 is 57.1 Å². The third kappa shape index (κ3) is 5.56. The number of fused-ring (bicyclic) bond motifs is 1. The van der Waals surface area contributed by atoms with Crippen molar-refractivity contribution < 1.29 is 14.3 Å². The number of halogens is 1. The summed E-state index contributed by atoms with van der Waals surface area (Å²) in [6.07, 6.45) is 0.536. The molecule has 1 aliphatic rings. The number of hydrogen-bond donors (Lipinski definition) is 1. The third-order valence-electron chi connectivity index (χ3n) is 4.93. The molecule has 3 aromatic rings. The van der Waals surface area contributed by atoms with E-state index in [1.165, 1.54) is 26.0 Å². The maximum absolute atomic E-state index is 12.7. The number of para-hydroxylation sites is 2. The average Bonchev–Trinajstić information content (AvgIpc) is 3.03. The van der Waals surface area contributed by atoms with Crippen molar-refractivity contribution in [2.45, 2.75) is 6.42 Å². The van der Waals surface area contributed by atoms with Crippen LogP contribution < -0.4 is 14.8 Å². The molecule has 0 aromatic heterocycles. The SMILES string of the molecule is COc1cc(OC)c(NC(=O)CSC2=Nc3ccccc3N=C(c3ccccc3)C2)cc1Cl. The second-order valence-electron chi connectivity index (χ2n) is 7.12. The van der Waals surface area contributed by atoms with Crippen LogP contribution in [0.25, 0.3) is 0 Å². The first kappa shape index (κ1) is 22.9. The molecule has 1 aliphatic heterocycles. The fraction of sp³-hybridized carbons (Fsp3) is 0.160. The summed E-state index contributed by atoms with van der Waals surface area (Å²) >= 11 is 7.60. The van der Waals surface area contributed by atoms with E-state index in [0.29, 0.717) is 28.6 Å². The number of carbonyl (C=O) groups excluding carboxylic acids is 1. The molecule has 0 saturated carbocycles. The summed E-state index contributed by atoms with van der Waals surface area (Å²) < 4.78 is 10.6. The van der Waals surface area contributed by atoms with Crippen molar-refractivity contribution in [3.63, 3.8) is 0 Å². The van der Waals surface area contributed by atoms with E-state index in [9.17, 15) is 4.79 Å². The molecule has 0 saturated heterocycles. The molecule has 33 heavy (non-hydrogen) atoms. The van der Waals surface area contributed by atoms with E-state index in [1.807, 2.05) is 54.6 Å². The van der Waals surface area contributed by atoms with Crippen molar-refractivity contribution in [1.82, 2.24) is 0 Å². The van der Waals surface area contributed by atoms with E-state index in [0.717, 1.165) is 27.7 Å². The number of nitrogens with zero attached hydrogens (tertiary/aromatic N) is 2. The number of amides is 1. The van der Waals surface area contributed by atoms with Crippen molar-refractivity contribution in [1.29, 1.82) is 0 Å². The van der Waals surface area contributed by atoms with E-state index < -0.39 is 0 Å². The van der Waals surface area contributed by atoms with E-state index in [4.69, 9.17) is 31.1 Å². The number of ether oxygens (including phenoxy) is 2. The van der Waals surface area contributed by atoms with Gasteiger partial charge in [-0.25, -0.2) is 4.99 Å². The number of benzene rings is 3. The van der Waals surface area contributed by atoms with Gasteiger partial charge in [0.1, 0.15) is 11.5 Å². The Kier molecular flexibility index (Phi) is 7.32. The van der Waals surface area contributed by atoms with Gasteiger partial charge in [0.15, 0.2) is 0 Å². The number of thioether (sulfide) groups is 1. The summed E-state index contributed by atoms with van der Waals surface area (Å²) in [5.74, 6) is 0.919. The number of methoxy groups -OCH3 is 2. The first-order chi connectivity index (χ1) is 16.1. The fourth-order valence-corrected chi connectivity index (χ4v) is 4.34. The molecule has 0 atom stereocenters. The van der Waals surface area contributed by atoms with Crippen LogP contribution in [0.2, 0.25) is 5.02 Å². The Balaban J connectivity index is 1.51. The standard InChI is InChI=1S/C25H22ClN3O3S/c1-31-22-14-23(32-2)21(12-17(22)26)28-24(30)15-33-25-13-20(16-8-4-3-5-9-16)27-18-10-6-7-11-19(18)29-25/h3-12,14H,13,15H2,1-2H3,(H,28,30). The highest BCUT2D eigenvalue weighted by atomic mass is 35.5. The number of aliphatic imine (C=N–C) groups is 2. The van der Waals surface area contributed by atoms with Gasteiger partial charge in [0.05, 0.1) is 52.8 Å². The lowest BCUT2D eigenvalue weighted by molar-refractivity contribution is -0.113. The zero-order valence-electron chi connectivity index (χ0n) is 18.2. The number of anilines is 1. The van der Waals surface area contributed by atoms with Crippen molar-refractivity contribution in [3.8, 4) is 11.5 Å². The Hall–Kier alpha value is -3.29. The minimum atomic E-state index is -0.196. The molecule has 1 N–H and O–H groups in total. The lowest BCUT2D eigenvalue weighted by Gasteiger charge is -2.13. The van der Waals surface area contributed by atoms with E-state index in [-0.39, 0.29) is 11.7 Å². The molecule has 0 spiro atoms. The maximum atomic E-state index is 12.7. The Morgan fingerprint density at radius 3 is 2.33 bits per heavy atom. The fourth-order valence-electron chi connectivity index (χ4n) is 3.33. The van der Waals surface area contributed by atoms with Gasteiger partial charge in [-0.3, -0.25) is 9.79 Å². The van der Waals surface area contributed by atoms with E-state index in [2.05, 4.69) is 5.32 Å². The van der Waals surface area contributed by atoms with Gasteiger partial charge in [0, 0.05) is 12.5 Å². The van der Waals surface area contributed by atoms with Gasteiger partial charge >= 0.3 is 0 Å². The van der Waals surface area contributed by atoms with Crippen LogP contribution in [0.3, 0.4) is 0 Å². The van der Waals surface area contributed by atoms with Gasteiger partial charge in [0.25, 0.3) is 0 Å². The molecule has 3 aromatic carbocycles. The van der Waals surface area contributed by atoms with Crippen LogP contribution >= 0.6 is 23.4 Å². The van der Waals surface area contributed by atoms with Gasteiger partial charge in [-0.2, -0.15) is 0 Å². The van der Waals surface area contributed by atoms with Crippen LogP contribution in [0, 0.1) is 0 Å². The molecule has 0 fully saturated rings. The largest absolute Gasteiger partial charge is 0.495 e. The summed E-state index contributed by atoms with van der Waals surface area (Å²) in [5.41, 5.74) is 4.03. The van der Waals surface area contributed by atoms with Crippen LogP contribution in [-0.4, -0.2) is 36.6 Å². The lowest BCUT2D eigenvalue weighted by Crippen LogP contribution is -2.17. The zero-order valence-corrected chi connectivity index (χ0v) is 19.7. The molecule has 0 unspecified atom stereocenters. The summed E-state index contributed by atoms with van der Waals surface area (Å²) in [7, 11) is 3.05. The topological polar surface area (TPSA) is 72.3 Å². The summed E-state index contributed by atoms with van der Waals surface area (Å²) in [5, 5.41) is 4.06. The predicted molar refractivity (Wildman–Crippen MR) is 136 cm³/mol. The van der Waals surface area contributed by atoms with Gasteiger partial charge in [-0.1, -0.05) is 54.1 Å². The highest BCUT2D eigenvalue weighted by Crippen LogP contribution is 2.36. The molecule has 0 bridgehead atoms. The molecule has 8 heteroatoms. The Labute approximate surface area is 201 Å². The van der Waals surface area contributed by atoms with Gasteiger partial charge in [-0.15, -0.1) is 11.8 Å². The number of hydrogen-bond acceptors (Lipinski definition) is 6. The quantitative estimate of drug-likeness (QED) is 0.451. The van der Waals surface area contributed by atoms with Crippen LogP contribution in [0.4, 0.5) is 17.1 Å². The van der Waals surface area contributed by atoms with Crippen molar-refractivity contribution in [2.75, 3.05) is 25.3 Å². The first-order valence-electron chi connectivity index (χ1n) is 10.2. The summed E-state index contributed by atoms with van der Waals surface area (Å²) in [4.78, 5) is 22.4. The van der Waals surface area contributed by atoms with Crippen LogP contribution in [-0.2, 0) is 4.79 Å². The summed E-state index contributed by atoms with van der Waals surface area (Å²) in [6.45, 7) is 0. The molecule has 4 rings (SSSR count). The van der Waals surface area contributed by atoms with Crippen LogP contribution in [0.5, 0.6) is 11.5 Å². The number of nitrogens with one attached hydrogen (secondary N) is 1. The molecule has 1 amide bonds. The summed E-state index contributed by atoms with van der Waals surface area (Å²) in [6, 6.07) is 21.0. The van der Waals surface area contributed by atoms with Crippen LogP contribution in [0.1, 0.15) is 12.0 Å². The van der Waals surface area contributed by atoms with E-state index in [1.54, 1.807) is 12.1 Å². The third-order valence-corrected chi connectivity index (χ3v) is 6.20. The Bertz CT molecular complexity index is 1230. The van der Waals surface area contributed by atoms with Crippen molar-refractivity contribution in [3.05, 3.63) is 77.3 Å². The Morgan fingerprint density at radius 1 is 0.970 bits per heavy atom. The molecular weight excluding hydrogens is 458 g/mol. The minimum absolute atomic E-state index is 0.176. The highest BCUT2D eigenvalue weighted by molar-refractivity contribution is 8.14. The second kappa shape index (κ2) is 10.6. The second-order valence-corrected chi connectivity index (χ2v) is 8.58. The predicted octanol–water partition coefficient (Wildman–Crippen LogP) is 6.28. The zero-order chi connectivity index (χ0) is 23.2. The molecule has 168 valence electrons. The van der Waals surface area contributed by atoms with Crippen molar-refractivity contribution in [2.24, 2.45) is 9.98 Å². The number of rotatable bonds is 6. The average molecular weight is 480 g/mol. The molecule has 0 aliphatic carbocycles. The van der Waals surface area contributed by atoms with E-state index >= 15 is 0 Å². The monoisotopic (exact) mass is 479 g/mol. The smallest absolute Gasteiger partial charge is 0.234 e. The van der Waals surface area contributed by atoms with Gasteiger partial charge < -0.3 is 14.8 Å². The Morgan fingerprint density at radius 2 is 1.64 bits per heavy atom. The normalized spacial score (nSPS) is 12.7. The molecular formula is C25H22ClN3O3S. The first-order valence-corrected chi connectivity index (χ1v) is 11.6. The number of carbonyl (C=O) groups is 1.